The number of phenolic OH excluding ortho intramolecular Hbond substituents is 1. The molecule has 124 valence electrons. The second-order valence-corrected chi connectivity index (χ2v) is 5.55. The highest BCUT2D eigenvalue weighted by atomic mass is 16.3. The Balaban J connectivity index is 1.73. The van der Waals surface area contributed by atoms with E-state index in [1.54, 1.807) is 26.0 Å². The zero-order valence-corrected chi connectivity index (χ0v) is 13.3. The minimum absolute atomic E-state index is 0.146. The quantitative estimate of drug-likeness (QED) is 0.625. The van der Waals surface area contributed by atoms with Gasteiger partial charge in [-0.3, -0.25) is 14.7 Å². The van der Waals surface area contributed by atoms with Crippen LogP contribution in [-0.2, 0) is 11.2 Å². The third kappa shape index (κ3) is 2.98. The van der Waals surface area contributed by atoms with E-state index in [0.29, 0.717) is 22.7 Å². The lowest BCUT2D eigenvalue weighted by atomic mass is 10.1. The Morgan fingerprint density at radius 1 is 1.38 bits per heavy atom. The summed E-state index contributed by atoms with van der Waals surface area (Å²) in [6.45, 7) is 3.52. The molecule has 1 amide bonds. The number of amides is 1. The van der Waals surface area contributed by atoms with Gasteiger partial charge in [0.25, 0.3) is 11.3 Å². The summed E-state index contributed by atoms with van der Waals surface area (Å²) in [7, 11) is 0. The van der Waals surface area contributed by atoms with E-state index >= 15 is 0 Å². The Kier molecular flexibility index (Phi) is 4.03. The molecule has 0 aliphatic rings. The summed E-state index contributed by atoms with van der Waals surface area (Å²) < 4.78 is 1.25. The Morgan fingerprint density at radius 3 is 2.92 bits per heavy atom. The number of rotatable bonds is 4. The number of hydrogen-bond acceptors (Lipinski definition) is 5. The Hall–Kier alpha value is -3.16. The first kappa shape index (κ1) is 15.7. The fourth-order valence-electron chi connectivity index (χ4n) is 2.52. The van der Waals surface area contributed by atoms with Crippen LogP contribution in [0.2, 0.25) is 0 Å². The van der Waals surface area contributed by atoms with E-state index in [2.05, 4.69) is 20.4 Å². The normalized spacial score (nSPS) is 10.9. The lowest BCUT2D eigenvalue weighted by molar-refractivity contribution is -0.116. The van der Waals surface area contributed by atoms with Gasteiger partial charge in [0, 0.05) is 17.7 Å². The van der Waals surface area contributed by atoms with Crippen LogP contribution in [0.1, 0.15) is 23.2 Å². The van der Waals surface area contributed by atoms with Gasteiger partial charge in [-0.15, -0.1) is 0 Å². The summed E-state index contributed by atoms with van der Waals surface area (Å²) in [5.41, 5.74) is 2.20. The maximum Gasteiger partial charge on any atom is 0.277 e. The minimum atomic E-state index is -0.247. The predicted molar refractivity (Wildman–Crippen MR) is 88.1 cm³/mol. The van der Waals surface area contributed by atoms with E-state index in [1.165, 1.54) is 16.9 Å². The number of nitrogens with one attached hydrogen (secondary N) is 2. The van der Waals surface area contributed by atoms with Gasteiger partial charge in [-0.2, -0.15) is 4.52 Å². The first-order chi connectivity index (χ1) is 11.5. The van der Waals surface area contributed by atoms with Gasteiger partial charge in [-0.25, -0.2) is 9.97 Å². The molecule has 3 rings (SSSR count). The van der Waals surface area contributed by atoms with Crippen molar-refractivity contribution in [2.75, 3.05) is 5.32 Å². The van der Waals surface area contributed by atoms with Gasteiger partial charge in [-0.1, -0.05) is 0 Å². The molecule has 0 spiro atoms. The van der Waals surface area contributed by atoms with Crippen molar-refractivity contribution in [3.05, 3.63) is 51.7 Å². The van der Waals surface area contributed by atoms with Gasteiger partial charge in [0.05, 0.1) is 5.69 Å². The zero-order valence-electron chi connectivity index (χ0n) is 13.3. The maximum absolute atomic E-state index is 12.4. The van der Waals surface area contributed by atoms with Crippen LogP contribution >= 0.6 is 0 Å². The van der Waals surface area contributed by atoms with Gasteiger partial charge >= 0.3 is 0 Å². The van der Waals surface area contributed by atoms with Crippen LogP contribution in [0, 0.1) is 13.8 Å². The monoisotopic (exact) mass is 327 g/mol. The molecule has 0 fully saturated rings. The number of H-pyrrole nitrogens is 1. The lowest BCUT2D eigenvalue weighted by Crippen LogP contribution is -2.23. The maximum atomic E-state index is 12.4. The number of carbonyl (C=O) groups is 1. The molecule has 3 N–H and O–H groups in total. The molecule has 8 nitrogen and oxygen atoms in total. The second kappa shape index (κ2) is 6.15. The van der Waals surface area contributed by atoms with E-state index in [-0.39, 0.29) is 30.1 Å². The van der Waals surface area contributed by atoms with Crippen LogP contribution < -0.4 is 10.9 Å². The van der Waals surface area contributed by atoms with E-state index < -0.39 is 0 Å². The first-order valence-corrected chi connectivity index (χ1v) is 7.47. The molecule has 0 saturated heterocycles. The number of carbonyl (C=O) groups excluding carboxylic acids is 1. The molecule has 2 aromatic heterocycles. The van der Waals surface area contributed by atoms with Crippen LogP contribution in [0.3, 0.4) is 0 Å². The number of aromatic hydroxyl groups is 1. The number of benzene rings is 1. The highest BCUT2D eigenvalue weighted by Gasteiger charge is 2.13. The molecular formula is C16H17N5O3. The van der Waals surface area contributed by atoms with Crippen molar-refractivity contribution in [2.45, 2.75) is 26.7 Å². The summed E-state index contributed by atoms with van der Waals surface area (Å²) in [4.78, 5) is 32.7. The molecule has 0 radical (unpaired) electrons. The van der Waals surface area contributed by atoms with Crippen molar-refractivity contribution < 1.29 is 9.90 Å². The molecule has 24 heavy (non-hydrogen) atoms. The highest BCUT2D eigenvalue weighted by Crippen LogP contribution is 2.20. The standard InChI is InChI=1S/C16H17N5O3/c1-9-7-11(22)3-5-13(9)20-14(23)6-4-12-10(2)19-16-17-8-18-21(16)15(12)24/h3,5,7-8,22H,4,6H2,1-2H3,(H,20,23)(H,17,18,19). The molecule has 0 bridgehead atoms. The smallest absolute Gasteiger partial charge is 0.277 e. The summed E-state index contributed by atoms with van der Waals surface area (Å²) >= 11 is 0. The molecule has 0 saturated carbocycles. The van der Waals surface area contributed by atoms with Crippen molar-refractivity contribution in [1.82, 2.24) is 19.6 Å². The van der Waals surface area contributed by atoms with Crippen LogP contribution in [-0.4, -0.2) is 30.6 Å². The number of fused-ring (bicyclic) bond motifs is 1. The zero-order chi connectivity index (χ0) is 17.3. The third-order valence-electron chi connectivity index (χ3n) is 3.82. The van der Waals surface area contributed by atoms with Crippen molar-refractivity contribution in [3.63, 3.8) is 0 Å². The minimum Gasteiger partial charge on any atom is -0.508 e. The molecule has 1 aromatic carbocycles. The molecule has 0 aliphatic heterocycles. The molecular weight excluding hydrogens is 310 g/mol. The molecule has 0 atom stereocenters. The average molecular weight is 327 g/mol. The summed E-state index contributed by atoms with van der Waals surface area (Å²) in [6, 6.07) is 4.72. The van der Waals surface area contributed by atoms with Crippen molar-refractivity contribution in [2.24, 2.45) is 0 Å². The molecule has 0 aliphatic carbocycles. The Bertz CT molecular complexity index is 973. The summed E-state index contributed by atoms with van der Waals surface area (Å²) in [5, 5.41) is 14.9. The van der Waals surface area contributed by atoms with Gasteiger partial charge in [0.1, 0.15) is 12.1 Å². The lowest BCUT2D eigenvalue weighted by Gasteiger charge is -2.09. The molecule has 2 heterocycles. The van der Waals surface area contributed by atoms with E-state index in [9.17, 15) is 14.7 Å². The van der Waals surface area contributed by atoms with Crippen molar-refractivity contribution in [3.8, 4) is 5.75 Å². The van der Waals surface area contributed by atoms with E-state index in [0.717, 1.165) is 5.56 Å². The number of hydrogen-bond donors (Lipinski definition) is 3. The van der Waals surface area contributed by atoms with E-state index in [1.807, 2.05) is 0 Å². The van der Waals surface area contributed by atoms with Gasteiger partial charge in [-0.05, 0) is 44.0 Å². The number of aromatic nitrogens is 4. The number of phenols is 1. The Morgan fingerprint density at radius 2 is 2.17 bits per heavy atom. The Labute approximate surface area is 137 Å². The van der Waals surface area contributed by atoms with E-state index in [4.69, 9.17) is 0 Å². The number of aryl methyl sites for hydroxylation is 2. The highest BCUT2D eigenvalue weighted by molar-refractivity contribution is 5.91. The van der Waals surface area contributed by atoms with Crippen LogP contribution in [0.15, 0.2) is 29.3 Å². The van der Waals surface area contributed by atoms with Crippen molar-refractivity contribution >= 4 is 17.4 Å². The molecule has 0 unspecified atom stereocenters. The van der Waals surface area contributed by atoms with Crippen molar-refractivity contribution in [1.29, 1.82) is 0 Å². The predicted octanol–water partition coefficient (Wildman–Crippen LogP) is 1.31. The fraction of sp³-hybridized carbons (Fsp3) is 0.250. The summed E-state index contributed by atoms with van der Waals surface area (Å²) in [5.74, 6) is 0.246. The SMILES string of the molecule is Cc1cc(O)ccc1NC(=O)CCc1c(C)nc2nc[nH]n2c1=O. The largest absolute Gasteiger partial charge is 0.508 e. The van der Waals surface area contributed by atoms with Crippen LogP contribution in [0.25, 0.3) is 5.78 Å². The third-order valence-corrected chi connectivity index (χ3v) is 3.82. The van der Waals surface area contributed by atoms with Gasteiger partial charge < -0.3 is 10.4 Å². The summed E-state index contributed by atoms with van der Waals surface area (Å²) in [6.07, 6.45) is 1.83. The number of anilines is 1. The molecule has 8 heteroatoms. The number of aromatic amines is 1. The average Bonchev–Trinajstić information content (AvgIpc) is 2.98. The first-order valence-electron chi connectivity index (χ1n) is 7.47. The van der Waals surface area contributed by atoms with Crippen LogP contribution in [0.5, 0.6) is 5.75 Å². The topological polar surface area (TPSA) is 112 Å². The van der Waals surface area contributed by atoms with Crippen LogP contribution in [0.4, 0.5) is 5.69 Å². The second-order valence-electron chi connectivity index (χ2n) is 5.55. The van der Waals surface area contributed by atoms with Gasteiger partial charge in [0.2, 0.25) is 5.91 Å². The fourth-order valence-corrected chi connectivity index (χ4v) is 2.52. The number of nitrogens with zero attached hydrogens (tertiary/aromatic N) is 3. The van der Waals surface area contributed by atoms with Gasteiger partial charge in [0.15, 0.2) is 0 Å². The molecule has 3 aromatic rings.